The van der Waals surface area contributed by atoms with E-state index in [2.05, 4.69) is 47.4 Å². The van der Waals surface area contributed by atoms with Crippen LogP contribution in [-0.2, 0) is 6.61 Å². The summed E-state index contributed by atoms with van der Waals surface area (Å²) in [4.78, 5) is 0. The highest BCUT2D eigenvalue weighted by atomic mass is 79.9. The summed E-state index contributed by atoms with van der Waals surface area (Å²) < 4.78 is 12.6. The van der Waals surface area contributed by atoms with Crippen LogP contribution in [0, 0.1) is 0 Å². The Kier molecular flexibility index (Phi) is 5.62. The van der Waals surface area contributed by atoms with Crippen LogP contribution in [0.4, 0.5) is 5.13 Å². The Morgan fingerprint density at radius 3 is 2.60 bits per heavy atom. The highest BCUT2D eigenvalue weighted by Gasteiger charge is 2.10. The van der Waals surface area contributed by atoms with Gasteiger partial charge in [-0.05, 0) is 50.9 Å². The fraction of sp³-hybridized carbons (Fsp3) is 0.333. The summed E-state index contributed by atoms with van der Waals surface area (Å²) in [7, 11) is 1.62. The summed E-state index contributed by atoms with van der Waals surface area (Å²) in [6.07, 6.45) is 0. The van der Waals surface area contributed by atoms with Gasteiger partial charge >= 0.3 is 0 Å². The second-order valence-electron chi connectivity index (χ2n) is 3.74. The minimum absolute atomic E-state index is 0.375. The smallest absolute Gasteiger partial charge is 0.205 e. The molecule has 0 radical (unpaired) electrons. The van der Waals surface area contributed by atoms with Crippen LogP contribution in [0.3, 0.4) is 0 Å². The van der Waals surface area contributed by atoms with Gasteiger partial charge in [-0.15, -0.1) is 10.2 Å². The fourth-order valence-corrected chi connectivity index (χ4v) is 3.09. The Morgan fingerprint density at radius 1 is 1.20 bits per heavy atom. The number of aromatic nitrogens is 2. The zero-order valence-corrected chi connectivity index (χ0v) is 14.9. The molecule has 8 heteroatoms. The van der Waals surface area contributed by atoms with E-state index in [1.807, 2.05) is 19.1 Å². The Morgan fingerprint density at radius 2 is 1.90 bits per heavy atom. The third kappa shape index (κ3) is 3.83. The van der Waals surface area contributed by atoms with E-state index in [0.717, 1.165) is 37.1 Å². The molecular formula is C12H13Br2N3O2S. The van der Waals surface area contributed by atoms with Crippen LogP contribution < -0.4 is 14.8 Å². The maximum absolute atomic E-state index is 5.74. The first-order valence-corrected chi connectivity index (χ1v) is 8.26. The molecule has 2 aromatic rings. The standard InChI is InChI=1S/C12H13Br2N3O2S/c1-3-15-12-17-16-11(20-12)6-19-10-5-7(13)9(18-2)4-8(10)14/h4-5H,3,6H2,1-2H3,(H,15,17). The molecular weight excluding hydrogens is 410 g/mol. The van der Waals surface area contributed by atoms with Crippen LogP contribution in [0.5, 0.6) is 11.5 Å². The number of methoxy groups -OCH3 is 1. The lowest BCUT2D eigenvalue weighted by atomic mass is 10.3. The van der Waals surface area contributed by atoms with Gasteiger partial charge in [0.2, 0.25) is 5.13 Å². The topological polar surface area (TPSA) is 56.3 Å². The van der Waals surface area contributed by atoms with Crippen molar-refractivity contribution in [3.8, 4) is 11.5 Å². The van der Waals surface area contributed by atoms with Crippen LogP contribution in [0.15, 0.2) is 21.1 Å². The fourth-order valence-electron chi connectivity index (χ4n) is 1.45. The van der Waals surface area contributed by atoms with Crippen molar-refractivity contribution in [2.24, 2.45) is 0 Å². The monoisotopic (exact) mass is 421 g/mol. The number of halogens is 2. The van der Waals surface area contributed by atoms with Gasteiger partial charge in [0.05, 0.1) is 16.1 Å². The molecule has 1 N–H and O–H groups in total. The SMILES string of the molecule is CCNc1nnc(COc2cc(Br)c(OC)cc2Br)s1. The zero-order chi connectivity index (χ0) is 14.5. The lowest BCUT2D eigenvalue weighted by Crippen LogP contribution is -1.96. The van der Waals surface area contributed by atoms with Gasteiger partial charge in [0.1, 0.15) is 18.1 Å². The summed E-state index contributed by atoms with van der Waals surface area (Å²) >= 11 is 8.37. The highest BCUT2D eigenvalue weighted by Crippen LogP contribution is 2.36. The van der Waals surface area contributed by atoms with Gasteiger partial charge in [0.15, 0.2) is 5.01 Å². The summed E-state index contributed by atoms with van der Waals surface area (Å²) in [5, 5.41) is 12.8. The van der Waals surface area contributed by atoms with Crippen LogP contribution in [-0.4, -0.2) is 23.9 Å². The van der Waals surface area contributed by atoms with E-state index in [-0.39, 0.29) is 0 Å². The number of anilines is 1. The van der Waals surface area contributed by atoms with Gasteiger partial charge in [-0.25, -0.2) is 0 Å². The molecule has 0 aliphatic rings. The van der Waals surface area contributed by atoms with Crippen molar-refractivity contribution in [2.75, 3.05) is 19.0 Å². The maximum Gasteiger partial charge on any atom is 0.205 e. The number of nitrogens with one attached hydrogen (secondary N) is 1. The van der Waals surface area contributed by atoms with Crippen molar-refractivity contribution < 1.29 is 9.47 Å². The molecule has 0 spiro atoms. The predicted octanol–water partition coefficient (Wildman–Crippen LogP) is 4.08. The lowest BCUT2D eigenvalue weighted by Gasteiger charge is -2.10. The quantitative estimate of drug-likeness (QED) is 0.759. The number of rotatable bonds is 6. The molecule has 1 aromatic heterocycles. The number of ether oxygens (including phenoxy) is 2. The second kappa shape index (κ2) is 7.24. The van der Waals surface area contributed by atoms with Crippen molar-refractivity contribution >= 4 is 48.3 Å². The van der Waals surface area contributed by atoms with E-state index in [4.69, 9.17) is 9.47 Å². The number of benzene rings is 1. The lowest BCUT2D eigenvalue weighted by molar-refractivity contribution is 0.301. The molecule has 0 aliphatic carbocycles. The number of hydrogen-bond acceptors (Lipinski definition) is 6. The Balaban J connectivity index is 2.04. The molecule has 0 unspecified atom stereocenters. The van der Waals surface area contributed by atoms with Crippen LogP contribution >= 0.6 is 43.2 Å². The van der Waals surface area contributed by atoms with Crippen molar-refractivity contribution in [3.63, 3.8) is 0 Å². The van der Waals surface area contributed by atoms with E-state index < -0.39 is 0 Å². The van der Waals surface area contributed by atoms with Crippen LogP contribution in [0.1, 0.15) is 11.9 Å². The van der Waals surface area contributed by atoms with Gasteiger partial charge in [-0.1, -0.05) is 11.3 Å². The molecule has 0 bridgehead atoms. The molecule has 0 saturated heterocycles. The second-order valence-corrected chi connectivity index (χ2v) is 6.51. The Labute approximate surface area is 138 Å². The van der Waals surface area contributed by atoms with Gasteiger partial charge in [0, 0.05) is 6.54 Å². The molecule has 0 atom stereocenters. The number of nitrogens with zero attached hydrogens (tertiary/aromatic N) is 2. The van der Waals surface area contributed by atoms with Gasteiger partial charge < -0.3 is 14.8 Å². The molecule has 0 aliphatic heterocycles. The maximum atomic E-state index is 5.74. The first kappa shape index (κ1) is 15.5. The predicted molar refractivity (Wildman–Crippen MR) is 86.8 cm³/mol. The Hall–Kier alpha value is -0.860. The summed E-state index contributed by atoms with van der Waals surface area (Å²) in [6.45, 7) is 3.22. The first-order valence-electron chi connectivity index (χ1n) is 5.86. The average Bonchev–Trinajstić information content (AvgIpc) is 2.87. The van der Waals surface area contributed by atoms with Crippen LogP contribution in [0.25, 0.3) is 0 Å². The van der Waals surface area contributed by atoms with Crippen LogP contribution in [0.2, 0.25) is 0 Å². The van der Waals surface area contributed by atoms with Gasteiger partial charge in [0.25, 0.3) is 0 Å². The molecule has 1 heterocycles. The van der Waals surface area contributed by atoms with Crippen molar-refractivity contribution in [2.45, 2.75) is 13.5 Å². The average molecular weight is 423 g/mol. The largest absolute Gasteiger partial charge is 0.496 e. The van der Waals surface area contributed by atoms with Crippen molar-refractivity contribution in [3.05, 3.63) is 26.1 Å². The normalized spacial score (nSPS) is 10.4. The van der Waals surface area contributed by atoms with Crippen molar-refractivity contribution in [1.82, 2.24) is 10.2 Å². The van der Waals surface area contributed by atoms with Gasteiger partial charge in [-0.2, -0.15) is 0 Å². The molecule has 2 rings (SSSR count). The summed E-state index contributed by atoms with van der Waals surface area (Å²) in [5.74, 6) is 1.47. The zero-order valence-electron chi connectivity index (χ0n) is 10.9. The van der Waals surface area contributed by atoms with Crippen molar-refractivity contribution in [1.29, 1.82) is 0 Å². The summed E-state index contributed by atoms with van der Waals surface area (Å²) in [6, 6.07) is 3.71. The number of hydrogen-bond donors (Lipinski definition) is 1. The van der Waals surface area contributed by atoms with E-state index in [1.165, 1.54) is 11.3 Å². The Bertz CT molecular complexity index is 592. The van der Waals surface area contributed by atoms with Gasteiger partial charge in [-0.3, -0.25) is 0 Å². The van der Waals surface area contributed by atoms with E-state index in [9.17, 15) is 0 Å². The van der Waals surface area contributed by atoms with E-state index in [0.29, 0.717) is 6.61 Å². The molecule has 108 valence electrons. The molecule has 20 heavy (non-hydrogen) atoms. The molecule has 5 nitrogen and oxygen atoms in total. The highest BCUT2D eigenvalue weighted by molar-refractivity contribution is 9.11. The van der Waals surface area contributed by atoms with E-state index >= 15 is 0 Å². The minimum Gasteiger partial charge on any atom is -0.496 e. The molecule has 0 fully saturated rings. The van der Waals surface area contributed by atoms with E-state index in [1.54, 1.807) is 7.11 Å². The minimum atomic E-state index is 0.375. The first-order chi connectivity index (χ1) is 9.63. The summed E-state index contributed by atoms with van der Waals surface area (Å²) in [5.41, 5.74) is 0. The molecule has 0 saturated carbocycles. The third-order valence-electron chi connectivity index (χ3n) is 2.35. The molecule has 0 amide bonds. The molecule has 1 aromatic carbocycles. The third-order valence-corrected chi connectivity index (χ3v) is 4.45.